The average molecular weight is 320 g/mol. The highest BCUT2D eigenvalue weighted by atomic mass is 16.3. The number of carbonyl (C=O) groups excluding carboxylic acids is 1. The monoisotopic (exact) mass is 320 g/mol. The highest BCUT2D eigenvalue weighted by Gasteiger charge is 2.32. The van der Waals surface area contributed by atoms with E-state index in [1.54, 1.807) is 18.2 Å². The summed E-state index contributed by atoms with van der Waals surface area (Å²) in [7, 11) is 0. The first kappa shape index (κ1) is 14.7. The molecule has 0 fully saturated rings. The molecule has 0 bridgehead atoms. The molecule has 1 aliphatic rings. The Labute approximate surface area is 138 Å². The van der Waals surface area contributed by atoms with Crippen molar-refractivity contribution in [3.63, 3.8) is 0 Å². The molecule has 4 rings (SSSR count). The molecule has 2 aromatic carbocycles. The minimum Gasteiger partial charge on any atom is -0.390 e. The SMILES string of the molecule is O=C(N[C@@H]1c2ccccc2C[C@@H]1O)c1cc(=O)[nH]c2ccccc12. The van der Waals surface area contributed by atoms with Gasteiger partial charge in [-0.05, 0) is 17.2 Å². The number of H-pyrrole nitrogens is 1. The number of rotatable bonds is 2. The number of benzene rings is 2. The molecule has 0 saturated carbocycles. The molecule has 0 aliphatic heterocycles. The summed E-state index contributed by atoms with van der Waals surface area (Å²) in [5.74, 6) is -0.363. The van der Waals surface area contributed by atoms with Gasteiger partial charge in [-0.3, -0.25) is 9.59 Å². The normalized spacial score (nSPS) is 19.2. The van der Waals surface area contributed by atoms with Crippen molar-refractivity contribution >= 4 is 16.8 Å². The van der Waals surface area contributed by atoms with Gasteiger partial charge >= 0.3 is 0 Å². The van der Waals surface area contributed by atoms with E-state index in [1.807, 2.05) is 30.3 Å². The zero-order valence-corrected chi connectivity index (χ0v) is 12.8. The van der Waals surface area contributed by atoms with Gasteiger partial charge in [0, 0.05) is 23.4 Å². The molecule has 5 heteroatoms. The molecule has 5 nitrogen and oxygen atoms in total. The number of carbonyl (C=O) groups is 1. The first-order valence-corrected chi connectivity index (χ1v) is 7.82. The summed E-state index contributed by atoms with van der Waals surface area (Å²) in [5.41, 5.74) is 2.55. The molecule has 0 unspecified atom stereocenters. The smallest absolute Gasteiger partial charge is 0.252 e. The van der Waals surface area contributed by atoms with Crippen LogP contribution in [-0.4, -0.2) is 22.1 Å². The van der Waals surface area contributed by atoms with E-state index in [0.717, 1.165) is 11.1 Å². The van der Waals surface area contributed by atoms with Crippen LogP contribution in [0.2, 0.25) is 0 Å². The van der Waals surface area contributed by atoms with E-state index in [9.17, 15) is 14.7 Å². The molecular weight excluding hydrogens is 304 g/mol. The summed E-state index contributed by atoms with van der Waals surface area (Å²) in [4.78, 5) is 27.3. The van der Waals surface area contributed by atoms with Gasteiger partial charge in [-0.1, -0.05) is 42.5 Å². The van der Waals surface area contributed by atoms with Crippen molar-refractivity contribution in [2.45, 2.75) is 18.6 Å². The van der Waals surface area contributed by atoms with Crippen LogP contribution < -0.4 is 10.9 Å². The number of aromatic nitrogens is 1. The molecule has 24 heavy (non-hydrogen) atoms. The van der Waals surface area contributed by atoms with Crippen LogP contribution in [0.15, 0.2) is 59.4 Å². The van der Waals surface area contributed by atoms with Crippen molar-refractivity contribution in [1.82, 2.24) is 10.3 Å². The number of aromatic amines is 1. The maximum absolute atomic E-state index is 12.7. The number of pyridine rings is 1. The molecular formula is C19H16N2O3. The summed E-state index contributed by atoms with van der Waals surface area (Å²) >= 11 is 0. The van der Waals surface area contributed by atoms with Gasteiger partial charge in [0.1, 0.15) is 0 Å². The van der Waals surface area contributed by atoms with E-state index in [-0.39, 0.29) is 11.5 Å². The fourth-order valence-corrected chi connectivity index (χ4v) is 3.36. The van der Waals surface area contributed by atoms with Crippen LogP contribution in [0, 0.1) is 0 Å². The molecule has 1 heterocycles. The first-order chi connectivity index (χ1) is 11.6. The lowest BCUT2D eigenvalue weighted by Gasteiger charge is -2.18. The Kier molecular flexibility index (Phi) is 3.43. The van der Waals surface area contributed by atoms with Crippen LogP contribution in [-0.2, 0) is 6.42 Å². The summed E-state index contributed by atoms with van der Waals surface area (Å²) < 4.78 is 0. The van der Waals surface area contributed by atoms with Gasteiger partial charge in [-0.2, -0.15) is 0 Å². The van der Waals surface area contributed by atoms with Gasteiger partial charge in [0.15, 0.2) is 0 Å². The average Bonchev–Trinajstić information content (AvgIpc) is 2.89. The number of fused-ring (bicyclic) bond motifs is 2. The van der Waals surface area contributed by atoms with Crippen LogP contribution in [0.5, 0.6) is 0 Å². The lowest BCUT2D eigenvalue weighted by atomic mass is 10.1. The van der Waals surface area contributed by atoms with E-state index in [4.69, 9.17) is 0 Å². The third kappa shape index (κ3) is 2.39. The molecule has 1 amide bonds. The lowest BCUT2D eigenvalue weighted by Crippen LogP contribution is -2.34. The van der Waals surface area contributed by atoms with Crippen molar-refractivity contribution in [1.29, 1.82) is 0 Å². The maximum Gasteiger partial charge on any atom is 0.252 e. The van der Waals surface area contributed by atoms with Gasteiger partial charge in [-0.15, -0.1) is 0 Å². The largest absolute Gasteiger partial charge is 0.390 e. The quantitative estimate of drug-likeness (QED) is 0.674. The van der Waals surface area contributed by atoms with E-state index >= 15 is 0 Å². The van der Waals surface area contributed by atoms with E-state index in [1.165, 1.54) is 6.07 Å². The zero-order chi connectivity index (χ0) is 16.7. The summed E-state index contributed by atoms with van der Waals surface area (Å²) in [6, 6.07) is 15.7. The fraction of sp³-hybridized carbons (Fsp3) is 0.158. The van der Waals surface area contributed by atoms with Crippen molar-refractivity contribution < 1.29 is 9.90 Å². The molecule has 1 aromatic heterocycles. The maximum atomic E-state index is 12.7. The number of aliphatic hydroxyl groups excluding tert-OH is 1. The second kappa shape index (κ2) is 5.62. The van der Waals surface area contributed by atoms with E-state index in [2.05, 4.69) is 10.3 Å². The van der Waals surface area contributed by atoms with Crippen LogP contribution in [0.25, 0.3) is 10.9 Å². The van der Waals surface area contributed by atoms with Crippen molar-refractivity contribution in [3.8, 4) is 0 Å². The Morgan fingerprint density at radius 1 is 1.12 bits per heavy atom. The zero-order valence-electron chi connectivity index (χ0n) is 12.8. The molecule has 0 radical (unpaired) electrons. The van der Waals surface area contributed by atoms with Gasteiger partial charge < -0.3 is 15.4 Å². The third-order valence-electron chi connectivity index (χ3n) is 4.49. The molecule has 0 saturated heterocycles. The van der Waals surface area contributed by atoms with Gasteiger partial charge in [-0.25, -0.2) is 0 Å². The van der Waals surface area contributed by atoms with Crippen molar-refractivity contribution in [2.75, 3.05) is 0 Å². The van der Waals surface area contributed by atoms with Crippen molar-refractivity contribution in [2.24, 2.45) is 0 Å². The van der Waals surface area contributed by atoms with Crippen LogP contribution in [0.3, 0.4) is 0 Å². The summed E-state index contributed by atoms with van der Waals surface area (Å²) in [6.45, 7) is 0. The molecule has 0 spiro atoms. The Morgan fingerprint density at radius 3 is 2.75 bits per heavy atom. The van der Waals surface area contributed by atoms with Gasteiger partial charge in [0.25, 0.3) is 5.91 Å². The molecule has 1 aliphatic carbocycles. The number of amides is 1. The molecule has 3 N–H and O–H groups in total. The Bertz CT molecular complexity index is 993. The lowest BCUT2D eigenvalue weighted by molar-refractivity contribution is 0.0859. The highest BCUT2D eigenvalue weighted by Crippen LogP contribution is 2.31. The number of hydrogen-bond acceptors (Lipinski definition) is 3. The second-order valence-electron chi connectivity index (χ2n) is 6.01. The topological polar surface area (TPSA) is 82.2 Å². The van der Waals surface area contributed by atoms with Crippen molar-refractivity contribution in [3.05, 3.63) is 81.6 Å². The Morgan fingerprint density at radius 2 is 1.88 bits per heavy atom. The standard InChI is InChI=1S/C19H16N2O3/c22-16-9-11-5-1-2-6-12(11)18(16)21-19(24)14-10-17(23)20-15-8-4-3-7-13(14)15/h1-8,10,16,18,22H,9H2,(H,20,23)(H,21,24)/t16-,18+/m0/s1. The minimum absolute atomic E-state index is 0.311. The van der Waals surface area contributed by atoms with Crippen LogP contribution >= 0.6 is 0 Å². The fourth-order valence-electron chi connectivity index (χ4n) is 3.36. The predicted octanol–water partition coefficient (Wildman–Crippen LogP) is 1.92. The third-order valence-corrected chi connectivity index (χ3v) is 4.49. The summed E-state index contributed by atoms with van der Waals surface area (Å²) in [5, 5.41) is 13.8. The van der Waals surface area contributed by atoms with E-state index in [0.29, 0.717) is 22.9 Å². The Balaban J connectivity index is 1.72. The van der Waals surface area contributed by atoms with Gasteiger partial charge in [0.2, 0.25) is 5.56 Å². The molecule has 3 aromatic rings. The summed E-state index contributed by atoms with van der Waals surface area (Å²) in [6.07, 6.45) is -0.156. The van der Waals surface area contributed by atoms with Crippen LogP contribution in [0.1, 0.15) is 27.5 Å². The highest BCUT2D eigenvalue weighted by molar-refractivity contribution is 6.06. The first-order valence-electron chi connectivity index (χ1n) is 7.82. The number of nitrogens with one attached hydrogen (secondary N) is 2. The minimum atomic E-state index is -0.667. The molecule has 2 atom stereocenters. The Hall–Kier alpha value is -2.92. The van der Waals surface area contributed by atoms with E-state index < -0.39 is 12.1 Å². The van der Waals surface area contributed by atoms with Gasteiger partial charge in [0.05, 0.1) is 17.7 Å². The number of hydrogen-bond donors (Lipinski definition) is 3. The number of para-hydroxylation sites is 1. The second-order valence-corrected chi connectivity index (χ2v) is 6.01. The molecule has 120 valence electrons. The number of aliphatic hydroxyl groups is 1. The van der Waals surface area contributed by atoms with Crippen LogP contribution in [0.4, 0.5) is 0 Å². The predicted molar refractivity (Wildman–Crippen MR) is 90.9 cm³/mol.